The molecule has 0 radical (unpaired) electrons. The molecular formula is C20H22IN3OS. The fraction of sp³-hybridized carbons (Fsp3) is 0.300. The van der Waals surface area contributed by atoms with Gasteiger partial charge in [0.25, 0.3) is 0 Å². The van der Waals surface area contributed by atoms with Gasteiger partial charge >= 0.3 is 0 Å². The molecule has 0 aliphatic carbocycles. The molecule has 0 atom stereocenters. The molecular weight excluding hydrogens is 457 g/mol. The summed E-state index contributed by atoms with van der Waals surface area (Å²) in [4.78, 5) is 15.0. The van der Waals surface area contributed by atoms with E-state index in [1.165, 1.54) is 3.57 Å². The third kappa shape index (κ3) is 5.25. The zero-order valence-corrected chi connectivity index (χ0v) is 17.6. The molecule has 0 unspecified atom stereocenters. The van der Waals surface area contributed by atoms with Crippen molar-refractivity contribution in [1.29, 1.82) is 0 Å². The Morgan fingerprint density at radius 1 is 1.08 bits per heavy atom. The van der Waals surface area contributed by atoms with Crippen LogP contribution >= 0.6 is 34.8 Å². The Morgan fingerprint density at radius 2 is 1.73 bits per heavy atom. The van der Waals surface area contributed by atoms with Gasteiger partial charge in [0.15, 0.2) is 10.9 Å². The average molecular weight is 479 g/mol. The Bertz CT molecular complexity index is 786. The lowest BCUT2D eigenvalue weighted by atomic mass is 9.89. The summed E-state index contributed by atoms with van der Waals surface area (Å²) in [6.45, 7) is 1.97. The van der Waals surface area contributed by atoms with E-state index in [4.69, 9.17) is 12.2 Å². The van der Waals surface area contributed by atoms with E-state index in [-0.39, 0.29) is 11.7 Å². The Kier molecular flexibility index (Phi) is 6.61. The van der Waals surface area contributed by atoms with Crippen LogP contribution in [0.4, 0.5) is 11.4 Å². The van der Waals surface area contributed by atoms with Crippen molar-refractivity contribution < 1.29 is 4.79 Å². The number of thiocarbonyl (C=S) groups is 1. The maximum atomic E-state index is 12.8. The SMILES string of the molecule is CN1CCC(C(=O)c2cccc(NC(=S)Nc3ccc(I)cc3)c2)CC1. The van der Waals surface area contributed by atoms with Gasteiger partial charge < -0.3 is 15.5 Å². The lowest BCUT2D eigenvalue weighted by Gasteiger charge is -2.28. The highest BCUT2D eigenvalue weighted by Gasteiger charge is 2.24. The highest BCUT2D eigenvalue weighted by molar-refractivity contribution is 14.1. The number of rotatable bonds is 4. The number of anilines is 2. The van der Waals surface area contributed by atoms with E-state index in [0.29, 0.717) is 5.11 Å². The number of nitrogens with zero attached hydrogens (tertiary/aromatic N) is 1. The highest BCUT2D eigenvalue weighted by Crippen LogP contribution is 2.22. The number of hydrogen-bond donors (Lipinski definition) is 2. The fourth-order valence-corrected chi connectivity index (χ4v) is 3.68. The number of ketones is 1. The topological polar surface area (TPSA) is 44.4 Å². The van der Waals surface area contributed by atoms with E-state index in [1.807, 2.05) is 48.5 Å². The standard InChI is InChI=1S/C20H22IN3OS/c1-24-11-9-14(10-12-24)19(25)15-3-2-4-18(13-15)23-20(26)22-17-7-5-16(21)6-8-17/h2-8,13-14H,9-12H2,1H3,(H2,22,23,26). The molecule has 1 aliphatic heterocycles. The lowest BCUT2D eigenvalue weighted by Crippen LogP contribution is -2.33. The molecule has 2 aromatic rings. The van der Waals surface area contributed by atoms with E-state index >= 15 is 0 Å². The number of halogens is 1. The minimum atomic E-state index is 0.123. The largest absolute Gasteiger partial charge is 0.332 e. The summed E-state index contributed by atoms with van der Waals surface area (Å²) in [5.74, 6) is 0.358. The third-order valence-electron chi connectivity index (χ3n) is 4.60. The molecule has 0 bridgehead atoms. The van der Waals surface area contributed by atoms with Crippen LogP contribution in [-0.4, -0.2) is 35.9 Å². The highest BCUT2D eigenvalue weighted by atomic mass is 127. The molecule has 136 valence electrons. The van der Waals surface area contributed by atoms with Gasteiger partial charge in [0.2, 0.25) is 0 Å². The zero-order valence-electron chi connectivity index (χ0n) is 14.7. The molecule has 0 aromatic heterocycles. The number of Topliss-reactive ketones (excluding diaryl/α,β-unsaturated/α-hetero) is 1. The van der Waals surface area contributed by atoms with Crippen LogP contribution < -0.4 is 10.6 Å². The first-order valence-electron chi connectivity index (χ1n) is 8.67. The van der Waals surface area contributed by atoms with Gasteiger partial charge in [-0.3, -0.25) is 4.79 Å². The smallest absolute Gasteiger partial charge is 0.175 e. The van der Waals surface area contributed by atoms with Crippen molar-refractivity contribution in [3.8, 4) is 0 Å². The number of carbonyl (C=O) groups excluding carboxylic acids is 1. The van der Waals surface area contributed by atoms with Crippen LogP contribution in [0.2, 0.25) is 0 Å². The predicted molar refractivity (Wildman–Crippen MR) is 120 cm³/mol. The maximum absolute atomic E-state index is 12.8. The van der Waals surface area contributed by atoms with Crippen LogP contribution in [-0.2, 0) is 0 Å². The molecule has 0 spiro atoms. The van der Waals surface area contributed by atoms with Crippen molar-refractivity contribution in [2.24, 2.45) is 5.92 Å². The summed E-state index contributed by atoms with van der Waals surface area (Å²) in [5.41, 5.74) is 2.51. The van der Waals surface area contributed by atoms with E-state index in [0.717, 1.165) is 42.9 Å². The normalized spacial score (nSPS) is 15.5. The lowest BCUT2D eigenvalue weighted by molar-refractivity contribution is 0.0857. The Hall–Kier alpha value is -1.51. The van der Waals surface area contributed by atoms with Crippen LogP contribution in [0, 0.1) is 9.49 Å². The van der Waals surface area contributed by atoms with Gasteiger partial charge in [0.1, 0.15) is 0 Å². The van der Waals surface area contributed by atoms with Gasteiger partial charge in [-0.15, -0.1) is 0 Å². The number of nitrogens with one attached hydrogen (secondary N) is 2. The maximum Gasteiger partial charge on any atom is 0.175 e. The molecule has 6 heteroatoms. The van der Waals surface area contributed by atoms with Crippen LogP contribution in [0.15, 0.2) is 48.5 Å². The minimum absolute atomic E-state index is 0.123. The Labute approximate surface area is 173 Å². The molecule has 26 heavy (non-hydrogen) atoms. The fourth-order valence-electron chi connectivity index (χ4n) is 3.08. The van der Waals surface area contributed by atoms with Gasteiger partial charge in [-0.05, 0) is 104 Å². The van der Waals surface area contributed by atoms with E-state index in [2.05, 4.69) is 45.2 Å². The molecule has 2 N–H and O–H groups in total. The summed E-state index contributed by atoms with van der Waals surface area (Å²) in [6.07, 6.45) is 1.86. The third-order valence-corrected chi connectivity index (χ3v) is 5.52. The zero-order chi connectivity index (χ0) is 18.5. The quantitative estimate of drug-likeness (QED) is 0.381. The molecule has 4 nitrogen and oxygen atoms in total. The summed E-state index contributed by atoms with van der Waals surface area (Å²) >= 11 is 7.65. The van der Waals surface area contributed by atoms with Crippen molar-refractivity contribution in [1.82, 2.24) is 4.90 Å². The van der Waals surface area contributed by atoms with Crippen LogP contribution in [0.1, 0.15) is 23.2 Å². The predicted octanol–water partition coefficient (Wildman–Crippen LogP) is 4.62. The monoisotopic (exact) mass is 479 g/mol. The van der Waals surface area contributed by atoms with Gasteiger partial charge in [0.05, 0.1) is 0 Å². The molecule has 3 rings (SSSR count). The van der Waals surface area contributed by atoms with E-state index < -0.39 is 0 Å². The van der Waals surface area contributed by atoms with Gasteiger partial charge in [-0.1, -0.05) is 12.1 Å². The molecule has 1 heterocycles. The molecule has 1 fully saturated rings. The molecule has 1 saturated heterocycles. The second kappa shape index (κ2) is 8.92. The summed E-state index contributed by atoms with van der Waals surface area (Å²) in [7, 11) is 2.10. The van der Waals surface area contributed by atoms with Crippen molar-refractivity contribution in [2.75, 3.05) is 30.8 Å². The van der Waals surface area contributed by atoms with Crippen LogP contribution in [0.25, 0.3) is 0 Å². The molecule has 0 saturated carbocycles. The molecule has 0 amide bonds. The minimum Gasteiger partial charge on any atom is -0.332 e. The van der Waals surface area contributed by atoms with Crippen molar-refractivity contribution in [2.45, 2.75) is 12.8 Å². The Balaban J connectivity index is 1.62. The number of piperidine rings is 1. The number of hydrogen-bond acceptors (Lipinski definition) is 3. The van der Waals surface area contributed by atoms with Crippen molar-refractivity contribution in [3.63, 3.8) is 0 Å². The first-order valence-corrected chi connectivity index (χ1v) is 10.2. The van der Waals surface area contributed by atoms with Gasteiger partial charge in [0, 0.05) is 26.4 Å². The van der Waals surface area contributed by atoms with Gasteiger partial charge in [-0.2, -0.15) is 0 Å². The molecule has 2 aromatic carbocycles. The number of likely N-dealkylation sites (tertiary alicyclic amines) is 1. The second-order valence-corrected chi connectivity index (χ2v) is 8.26. The first kappa shape index (κ1) is 19.3. The number of carbonyl (C=O) groups is 1. The molecule has 1 aliphatic rings. The second-order valence-electron chi connectivity index (χ2n) is 6.61. The van der Waals surface area contributed by atoms with Crippen molar-refractivity contribution in [3.05, 3.63) is 57.7 Å². The van der Waals surface area contributed by atoms with Crippen LogP contribution in [0.3, 0.4) is 0 Å². The first-order chi connectivity index (χ1) is 12.5. The van der Waals surface area contributed by atoms with E-state index in [9.17, 15) is 4.79 Å². The Morgan fingerprint density at radius 3 is 2.42 bits per heavy atom. The van der Waals surface area contributed by atoms with E-state index in [1.54, 1.807) is 0 Å². The van der Waals surface area contributed by atoms with Crippen molar-refractivity contribution >= 4 is 57.1 Å². The summed E-state index contributed by atoms with van der Waals surface area (Å²) in [5, 5.41) is 6.84. The summed E-state index contributed by atoms with van der Waals surface area (Å²) < 4.78 is 1.17. The van der Waals surface area contributed by atoms with Gasteiger partial charge in [-0.25, -0.2) is 0 Å². The van der Waals surface area contributed by atoms with Crippen LogP contribution in [0.5, 0.6) is 0 Å². The number of benzene rings is 2. The average Bonchev–Trinajstić information content (AvgIpc) is 2.64. The summed E-state index contributed by atoms with van der Waals surface area (Å²) in [6, 6.07) is 15.6.